The van der Waals surface area contributed by atoms with Gasteiger partial charge in [0.25, 0.3) is 0 Å². The fourth-order valence-electron chi connectivity index (χ4n) is 5.32. The van der Waals surface area contributed by atoms with Crippen LogP contribution in [-0.2, 0) is 37.0 Å². The summed E-state index contributed by atoms with van der Waals surface area (Å²) in [6, 6.07) is 6.73. The third-order valence-electron chi connectivity index (χ3n) is 6.88. The molecular formula is C29H42N5O6+. The van der Waals surface area contributed by atoms with Crippen LogP contribution in [0.2, 0.25) is 0 Å². The molecule has 3 aromatic rings. The lowest BCUT2D eigenvalue weighted by Gasteiger charge is -2.32. The number of aliphatic hydroxyl groups is 1. The largest absolute Gasteiger partial charge is 0.389 e. The molecule has 0 saturated heterocycles. The normalized spacial score (nSPS) is 17.4. The Bertz CT molecular complexity index is 1360. The number of hydrogen-bond acceptors (Lipinski definition) is 7. The Hall–Kier alpha value is -3.12. The van der Waals surface area contributed by atoms with Crippen molar-refractivity contribution in [1.82, 2.24) is 14.9 Å². The standard InChI is InChI=1S/C29H41N5O6/c1-7-38-13-14-40-16-22(35)31-24-25(18(3)4)34-20-12-10-9-11-19(20)26-23(27(34)32-28(24)36)30-21(15-39-8-2)33(26)17-29(5,6)37/h9-12,18,24-25,37H,7-8,13-17H2,1-6H3,(H,31,35)/p+1/t24-,25?/m0/s1. The molecule has 11 heteroatoms. The van der Waals surface area contributed by atoms with Gasteiger partial charge in [-0.25, -0.2) is 19.7 Å². The molecule has 11 nitrogen and oxygen atoms in total. The van der Waals surface area contributed by atoms with E-state index in [1.165, 1.54) is 0 Å². The summed E-state index contributed by atoms with van der Waals surface area (Å²) in [4.78, 5) is 31.4. The second kappa shape index (κ2) is 12.6. The number of imidazole rings is 1. The zero-order valence-corrected chi connectivity index (χ0v) is 24.3. The number of nitrogens with one attached hydrogen (secondary N) is 2. The number of nitrogens with zero attached hydrogens (tertiary/aromatic N) is 3. The lowest BCUT2D eigenvalue weighted by molar-refractivity contribution is -0.694. The molecular weight excluding hydrogens is 514 g/mol. The van der Waals surface area contributed by atoms with Crippen LogP contribution in [0.3, 0.4) is 0 Å². The van der Waals surface area contributed by atoms with Crippen molar-refractivity contribution in [1.29, 1.82) is 0 Å². The van der Waals surface area contributed by atoms with E-state index in [9.17, 15) is 14.7 Å². The van der Waals surface area contributed by atoms with E-state index in [0.29, 0.717) is 50.1 Å². The van der Waals surface area contributed by atoms with Gasteiger partial charge < -0.3 is 29.2 Å². The SMILES string of the molecule is CCOCCOCC(=O)N[C@@H]1C(=O)Nc2c3nc(COCC)n(CC(C)(C)O)c3c3ccccc3[n+]2C1C(C)C. The first-order valence-electron chi connectivity index (χ1n) is 14.0. The Labute approximate surface area is 234 Å². The smallest absolute Gasteiger partial charge is 0.334 e. The van der Waals surface area contributed by atoms with E-state index >= 15 is 0 Å². The second-order valence-electron chi connectivity index (χ2n) is 11.0. The van der Waals surface area contributed by atoms with Gasteiger partial charge in [0, 0.05) is 18.6 Å². The van der Waals surface area contributed by atoms with Crippen LogP contribution in [0.1, 0.15) is 53.4 Å². The third-order valence-corrected chi connectivity index (χ3v) is 6.88. The summed E-state index contributed by atoms with van der Waals surface area (Å²) in [6.07, 6.45) is 0. The van der Waals surface area contributed by atoms with Crippen molar-refractivity contribution in [2.45, 2.75) is 72.4 Å². The Kier molecular flexibility index (Phi) is 9.40. The highest BCUT2D eigenvalue weighted by molar-refractivity contribution is 6.09. The molecule has 0 fully saturated rings. The van der Waals surface area contributed by atoms with Gasteiger partial charge in [0.05, 0.1) is 30.9 Å². The topological polar surface area (TPSA) is 128 Å². The van der Waals surface area contributed by atoms with Gasteiger partial charge >= 0.3 is 11.7 Å². The quantitative estimate of drug-likeness (QED) is 0.218. The van der Waals surface area contributed by atoms with Crippen molar-refractivity contribution in [3.05, 3.63) is 30.1 Å². The van der Waals surface area contributed by atoms with E-state index in [2.05, 4.69) is 15.2 Å². The van der Waals surface area contributed by atoms with E-state index in [4.69, 9.17) is 19.2 Å². The van der Waals surface area contributed by atoms with E-state index in [-0.39, 0.29) is 37.0 Å². The maximum Gasteiger partial charge on any atom is 0.334 e. The molecule has 4 rings (SSSR count). The van der Waals surface area contributed by atoms with Crippen LogP contribution in [0.25, 0.3) is 21.9 Å². The van der Waals surface area contributed by atoms with Crippen LogP contribution in [-0.4, -0.2) is 71.1 Å². The number of ether oxygens (including phenoxy) is 3. The van der Waals surface area contributed by atoms with Crippen LogP contribution >= 0.6 is 0 Å². The molecule has 40 heavy (non-hydrogen) atoms. The minimum atomic E-state index is -1.01. The van der Waals surface area contributed by atoms with Crippen LogP contribution < -0.4 is 15.2 Å². The number of amides is 2. The first-order valence-corrected chi connectivity index (χ1v) is 14.0. The molecule has 0 saturated carbocycles. The first-order chi connectivity index (χ1) is 19.1. The van der Waals surface area contributed by atoms with Crippen LogP contribution in [0, 0.1) is 5.92 Å². The van der Waals surface area contributed by atoms with Gasteiger partial charge in [-0.1, -0.05) is 26.0 Å². The molecule has 0 aliphatic carbocycles. The molecule has 0 spiro atoms. The molecule has 218 valence electrons. The number of fused-ring (bicyclic) bond motifs is 6. The predicted molar refractivity (Wildman–Crippen MR) is 151 cm³/mol. The van der Waals surface area contributed by atoms with Crippen LogP contribution in [0.4, 0.5) is 5.82 Å². The summed E-state index contributed by atoms with van der Waals surface area (Å²) < 4.78 is 20.5. The zero-order chi connectivity index (χ0) is 29.0. The summed E-state index contributed by atoms with van der Waals surface area (Å²) in [7, 11) is 0. The van der Waals surface area contributed by atoms with Crippen LogP contribution in [0.5, 0.6) is 0 Å². The molecule has 2 amide bonds. The van der Waals surface area contributed by atoms with Crippen molar-refractivity contribution in [3.8, 4) is 0 Å². The van der Waals surface area contributed by atoms with Crippen molar-refractivity contribution < 1.29 is 33.5 Å². The number of anilines is 1. The van der Waals surface area contributed by atoms with Gasteiger partial charge in [0.1, 0.15) is 30.6 Å². The first kappa shape index (κ1) is 29.9. The summed E-state index contributed by atoms with van der Waals surface area (Å²) >= 11 is 0. The predicted octanol–water partition coefficient (Wildman–Crippen LogP) is 2.47. The number of para-hydroxylation sites is 1. The molecule has 2 atom stereocenters. The number of carbonyl (C=O) groups is 2. The molecule has 2 aromatic heterocycles. The number of benzene rings is 1. The molecule has 1 aromatic carbocycles. The van der Waals surface area contributed by atoms with Gasteiger partial charge in [-0.15, -0.1) is 0 Å². The zero-order valence-electron chi connectivity index (χ0n) is 24.3. The lowest BCUT2D eigenvalue weighted by Crippen LogP contribution is -2.64. The van der Waals surface area contributed by atoms with Crippen molar-refractivity contribution >= 4 is 39.6 Å². The highest BCUT2D eigenvalue weighted by atomic mass is 16.5. The number of carbonyl (C=O) groups excluding carboxylic acids is 2. The highest BCUT2D eigenvalue weighted by Crippen LogP contribution is 2.35. The Balaban J connectivity index is 1.83. The summed E-state index contributed by atoms with van der Waals surface area (Å²) in [5.74, 6) is 0.518. The summed E-state index contributed by atoms with van der Waals surface area (Å²) in [5, 5.41) is 17.6. The third kappa shape index (κ3) is 6.27. The maximum absolute atomic E-state index is 13.6. The van der Waals surface area contributed by atoms with E-state index in [0.717, 1.165) is 16.4 Å². The van der Waals surface area contributed by atoms with Gasteiger partial charge in [0.15, 0.2) is 11.6 Å². The van der Waals surface area contributed by atoms with E-state index in [1.807, 2.05) is 56.5 Å². The average Bonchev–Trinajstić information content (AvgIpc) is 3.24. The number of hydrogen-bond donors (Lipinski definition) is 3. The molecule has 1 aliphatic rings. The average molecular weight is 557 g/mol. The van der Waals surface area contributed by atoms with Crippen molar-refractivity contribution in [2.75, 3.05) is 38.4 Å². The Morgan fingerprint density at radius 3 is 2.55 bits per heavy atom. The van der Waals surface area contributed by atoms with Gasteiger partial charge in [-0.3, -0.25) is 4.79 Å². The lowest BCUT2D eigenvalue weighted by atomic mass is 9.92. The molecule has 3 heterocycles. The van der Waals surface area contributed by atoms with E-state index in [1.54, 1.807) is 13.8 Å². The second-order valence-corrected chi connectivity index (χ2v) is 11.0. The molecule has 0 radical (unpaired) electrons. The number of aromatic nitrogens is 3. The van der Waals surface area contributed by atoms with Gasteiger partial charge in [-0.2, -0.15) is 0 Å². The van der Waals surface area contributed by atoms with Crippen molar-refractivity contribution in [2.24, 2.45) is 5.92 Å². The number of rotatable bonds is 13. The Morgan fingerprint density at radius 1 is 1.18 bits per heavy atom. The molecule has 0 bridgehead atoms. The molecule has 1 aliphatic heterocycles. The Morgan fingerprint density at radius 2 is 1.88 bits per heavy atom. The molecule has 3 N–H and O–H groups in total. The highest BCUT2D eigenvalue weighted by Gasteiger charge is 2.47. The van der Waals surface area contributed by atoms with Crippen molar-refractivity contribution in [3.63, 3.8) is 0 Å². The number of pyridine rings is 1. The molecule has 1 unspecified atom stereocenters. The maximum atomic E-state index is 13.6. The van der Waals surface area contributed by atoms with Gasteiger partial charge in [0.2, 0.25) is 5.91 Å². The monoisotopic (exact) mass is 556 g/mol. The fourth-order valence-corrected chi connectivity index (χ4v) is 5.32. The van der Waals surface area contributed by atoms with E-state index < -0.39 is 11.6 Å². The van der Waals surface area contributed by atoms with Gasteiger partial charge in [-0.05, 0) is 45.7 Å². The minimum absolute atomic E-state index is 0.0128. The minimum Gasteiger partial charge on any atom is -0.389 e. The van der Waals surface area contributed by atoms with Crippen LogP contribution in [0.15, 0.2) is 24.3 Å². The fraction of sp³-hybridized carbons (Fsp3) is 0.586. The summed E-state index contributed by atoms with van der Waals surface area (Å²) in [6.45, 7) is 13.6. The summed E-state index contributed by atoms with van der Waals surface area (Å²) in [5.41, 5.74) is 1.30.